The van der Waals surface area contributed by atoms with Gasteiger partial charge in [0, 0.05) is 5.56 Å². The van der Waals surface area contributed by atoms with E-state index in [4.69, 9.17) is 10.8 Å². The van der Waals surface area contributed by atoms with Crippen molar-refractivity contribution >= 4 is 23.7 Å². The summed E-state index contributed by atoms with van der Waals surface area (Å²) in [6.45, 7) is 0. The van der Waals surface area contributed by atoms with Crippen LogP contribution in [0.4, 0.5) is 0 Å². The molecule has 0 aliphatic carbocycles. The molecule has 0 aromatic heterocycles. The van der Waals surface area contributed by atoms with Crippen molar-refractivity contribution in [3.8, 4) is 0 Å². The predicted molar refractivity (Wildman–Crippen MR) is 102 cm³/mol. The van der Waals surface area contributed by atoms with Crippen LogP contribution >= 0.6 is 0 Å². The van der Waals surface area contributed by atoms with Gasteiger partial charge < -0.3 is 26.6 Å². The van der Waals surface area contributed by atoms with E-state index in [9.17, 15) is 24.3 Å². The summed E-state index contributed by atoms with van der Waals surface area (Å²) in [4.78, 5) is 47.2. The fourth-order valence-corrected chi connectivity index (χ4v) is 2.62. The molecular formula is C20H21N3O6. The fraction of sp³-hybridized carbons (Fsp3) is 0.200. The van der Waals surface area contributed by atoms with Crippen molar-refractivity contribution in [2.75, 3.05) is 0 Å². The first-order valence-corrected chi connectivity index (χ1v) is 8.70. The van der Waals surface area contributed by atoms with Gasteiger partial charge in [-0.2, -0.15) is 0 Å². The van der Waals surface area contributed by atoms with Gasteiger partial charge in [-0.05, 0) is 17.7 Å². The first-order valence-electron chi connectivity index (χ1n) is 8.70. The van der Waals surface area contributed by atoms with E-state index in [1.807, 2.05) is 0 Å². The van der Waals surface area contributed by atoms with E-state index in [-0.39, 0.29) is 0 Å². The van der Waals surface area contributed by atoms with Crippen molar-refractivity contribution in [2.24, 2.45) is 5.73 Å². The lowest BCUT2D eigenvalue weighted by Gasteiger charge is -2.25. The highest BCUT2D eigenvalue weighted by molar-refractivity contribution is 5.95. The second-order valence-corrected chi connectivity index (χ2v) is 6.23. The molecule has 0 aliphatic rings. The molecule has 0 aliphatic heterocycles. The molecule has 2 aromatic carbocycles. The first kappa shape index (κ1) is 21.6. The average molecular weight is 399 g/mol. The average Bonchev–Trinajstić information content (AvgIpc) is 2.71. The molecule has 0 radical (unpaired) electrons. The summed E-state index contributed by atoms with van der Waals surface area (Å²) in [5.74, 6) is -3.97. The summed E-state index contributed by atoms with van der Waals surface area (Å²) in [5.41, 5.74) is 5.87. The third-order valence-corrected chi connectivity index (χ3v) is 4.10. The van der Waals surface area contributed by atoms with Gasteiger partial charge in [-0.1, -0.05) is 48.5 Å². The largest absolute Gasteiger partial charge is 0.481 e. The van der Waals surface area contributed by atoms with Crippen molar-refractivity contribution in [3.63, 3.8) is 0 Å². The molecule has 0 bridgehead atoms. The van der Waals surface area contributed by atoms with Crippen LogP contribution < -0.4 is 16.4 Å². The summed E-state index contributed by atoms with van der Waals surface area (Å²) < 4.78 is 0. The summed E-state index contributed by atoms with van der Waals surface area (Å²) in [5, 5.41) is 24.1. The number of rotatable bonds is 9. The highest BCUT2D eigenvalue weighted by Gasteiger charge is 2.32. The van der Waals surface area contributed by atoms with Crippen LogP contribution in [0, 0.1) is 0 Å². The van der Waals surface area contributed by atoms with E-state index in [1.54, 1.807) is 60.7 Å². The van der Waals surface area contributed by atoms with Crippen molar-refractivity contribution < 1.29 is 29.4 Å². The Morgan fingerprint density at radius 3 is 1.97 bits per heavy atom. The van der Waals surface area contributed by atoms with Gasteiger partial charge in [0.25, 0.3) is 11.8 Å². The Morgan fingerprint density at radius 2 is 1.45 bits per heavy atom. The molecular weight excluding hydrogens is 378 g/mol. The topological polar surface area (TPSA) is 159 Å². The minimum atomic E-state index is -1.80. The Bertz CT molecular complexity index is 872. The number of aliphatic carboxylic acids is 1. The number of nitrogens with one attached hydrogen (secondary N) is 2. The van der Waals surface area contributed by atoms with Crippen LogP contribution in [0.5, 0.6) is 0 Å². The van der Waals surface area contributed by atoms with Crippen molar-refractivity contribution in [1.29, 1.82) is 0 Å². The zero-order chi connectivity index (χ0) is 21.4. The number of nitrogens with two attached hydrogens (primary N) is 1. The maximum Gasteiger partial charge on any atom is 0.305 e. The van der Waals surface area contributed by atoms with E-state index < -0.39 is 48.3 Å². The fourth-order valence-electron chi connectivity index (χ4n) is 2.62. The van der Waals surface area contributed by atoms with Crippen LogP contribution in [0.3, 0.4) is 0 Å². The van der Waals surface area contributed by atoms with Gasteiger partial charge in [0.05, 0.1) is 12.5 Å². The smallest absolute Gasteiger partial charge is 0.305 e. The molecule has 3 atom stereocenters. The Morgan fingerprint density at radius 1 is 0.897 bits per heavy atom. The number of benzene rings is 2. The summed E-state index contributed by atoms with van der Waals surface area (Å²) in [6, 6.07) is 13.8. The van der Waals surface area contributed by atoms with E-state index in [0.717, 1.165) is 0 Å². The SMILES string of the molecule is NC(=O)[C@@H](CC(=O)O)NC(=O)[C@H](O)[C@@H](NC(=O)c1ccccc1)c1ccccc1. The minimum Gasteiger partial charge on any atom is -0.481 e. The first-order chi connectivity index (χ1) is 13.8. The second kappa shape index (κ2) is 10.00. The van der Waals surface area contributed by atoms with Crippen molar-refractivity contribution in [3.05, 3.63) is 71.8 Å². The molecule has 0 unspecified atom stereocenters. The van der Waals surface area contributed by atoms with Gasteiger partial charge in [-0.3, -0.25) is 19.2 Å². The maximum absolute atomic E-state index is 12.5. The molecule has 2 rings (SSSR count). The van der Waals surface area contributed by atoms with Gasteiger partial charge >= 0.3 is 5.97 Å². The third-order valence-electron chi connectivity index (χ3n) is 4.10. The normalized spacial score (nSPS) is 13.6. The third kappa shape index (κ3) is 6.15. The number of carbonyl (C=O) groups excluding carboxylic acids is 3. The van der Waals surface area contributed by atoms with E-state index >= 15 is 0 Å². The molecule has 6 N–H and O–H groups in total. The number of hydrogen-bond donors (Lipinski definition) is 5. The minimum absolute atomic E-state index is 0.321. The van der Waals surface area contributed by atoms with Gasteiger partial charge in [0.15, 0.2) is 6.10 Å². The number of primary amides is 1. The monoisotopic (exact) mass is 399 g/mol. The predicted octanol–water partition coefficient (Wildman–Crippen LogP) is -0.0366. The number of carbonyl (C=O) groups is 4. The summed E-state index contributed by atoms with van der Waals surface area (Å²) in [7, 11) is 0. The van der Waals surface area contributed by atoms with Crippen LogP contribution in [0.25, 0.3) is 0 Å². The molecule has 0 saturated carbocycles. The molecule has 152 valence electrons. The van der Waals surface area contributed by atoms with Crippen molar-refractivity contribution in [2.45, 2.75) is 24.6 Å². The molecule has 3 amide bonds. The lowest BCUT2D eigenvalue weighted by molar-refractivity contribution is -0.141. The zero-order valence-corrected chi connectivity index (χ0v) is 15.3. The number of carboxylic acid groups (broad SMARTS) is 1. The highest BCUT2D eigenvalue weighted by Crippen LogP contribution is 2.18. The van der Waals surface area contributed by atoms with E-state index in [2.05, 4.69) is 10.6 Å². The lowest BCUT2D eigenvalue weighted by Crippen LogP contribution is -2.52. The molecule has 2 aromatic rings. The molecule has 0 saturated heterocycles. The number of hydrogen-bond acceptors (Lipinski definition) is 5. The highest BCUT2D eigenvalue weighted by atomic mass is 16.4. The molecule has 29 heavy (non-hydrogen) atoms. The van der Waals surface area contributed by atoms with Crippen LogP contribution in [0.15, 0.2) is 60.7 Å². The maximum atomic E-state index is 12.5. The molecule has 0 fully saturated rings. The van der Waals surface area contributed by atoms with Gasteiger partial charge in [0.2, 0.25) is 5.91 Å². The van der Waals surface area contributed by atoms with Crippen LogP contribution in [-0.2, 0) is 14.4 Å². The van der Waals surface area contributed by atoms with Gasteiger partial charge in [0.1, 0.15) is 6.04 Å². The number of aliphatic hydroxyl groups excluding tert-OH is 1. The van der Waals surface area contributed by atoms with Crippen molar-refractivity contribution in [1.82, 2.24) is 10.6 Å². The Hall–Kier alpha value is -3.72. The zero-order valence-electron chi connectivity index (χ0n) is 15.3. The second-order valence-electron chi connectivity index (χ2n) is 6.23. The number of amides is 3. The summed E-state index contributed by atoms with van der Waals surface area (Å²) in [6.07, 6.45) is -2.54. The van der Waals surface area contributed by atoms with Crippen LogP contribution in [0.1, 0.15) is 28.4 Å². The number of carboxylic acids is 1. The Kier molecular flexibility index (Phi) is 7.44. The van der Waals surface area contributed by atoms with E-state index in [0.29, 0.717) is 11.1 Å². The Labute approximate surface area is 166 Å². The summed E-state index contributed by atoms with van der Waals surface area (Å²) >= 11 is 0. The lowest BCUT2D eigenvalue weighted by atomic mass is 9.99. The molecule has 0 heterocycles. The van der Waals surface area contributed by atoms with Crippen LogP contribution in [-0.4, -0.2) is 46.0 Å². The molecule has 9 nitrogen and oxygen atoms in total. The molecule has 9 heteroatoms. The quantitative estimate of drug-likeness (QED) is 0.398. The van der Waals surface area contributed by atoms with E-state index in [1.165, 1.54) is 0 Å². The van der Waals surface area contributed by atoms with Crippen LogP contribution in [0.2, 0.25) is 0 Å². The Balaban J connectivity index is 2.23. The standard InChI is InChI=1S/C20H21N3O6/c21-18(27)14(11-15(24)25)22-20(29)17(26)16(12-7-3-1-4-8-12)23-19(28)13-9-5-2-6-10-13/h1-10,14,16-17,26H,11H2,(H2,21,27)(H,22,29)(H,23,28)(H,24,25)/t14-,16+,17-/m1/s1. The number of aliphatic hydroxyl groups is 1. The molecule has 0 spiro atoms. The van der Waals surface area contributed by atoms with Gasteiger partial charge in [-0.25, -0.2) is 0 Å². The van der Waals surface area contributed by atoms with Gasteiger partial charge in [-0.15, -0.1) is 0 Å².